The van der Waals surface area contributed by atoms with Gasteiger partial charge >= 0.3 is 0 Å². The predicted molar refractivity (Wildman–Crippen MR) is 105 cm³/mol. The molecule has 0 aliphatic carbocycles. The number of methoxy groups -OCH3 is 1. The van der Waals surface area contributed by atoms with E-state index in [4.69, 9.17) is 19.9 Å². The van der Waals surface area contributed by atoms with Crippen molar-refractivity contribution in [2.45, 2.75) is 31.0 Å². The molecule has 3 heterocycles. The summed E-state index contributed by atoms with van der Waals surface area (Å²) in [7, 11) is 1.49. The fourth-order valence-corrected chi connectivity index (χ4v) is 3.42. The Morgan fingerprint density at radius 1 is 1.20 bits per heavy atom. The molecular weight excluding hydrogens is 394 g/mol. The van der Waals surface area contributed by atoms with Crippen LogP contribution in [0.5, 0.6) is 11.5 Å². The molecule has 11 heteroatoms. The number of phenolic OH excluding ortho intramolecular Hbond substituents is 1. The number of nitrogens with zero attached hydrogens (tertiary/aromatic N) is 4. The summed E-state index contributed by atoms with van der Waals surface area (Å²) in [4.78, 5) is 12.2. The standard InChI is InChI=1S/C19H23N5O6/c1-28-12-6-10(2-3-11(12)25)4-5-29-7-13-15(26)16(27)19(30-13)24-9-23-14-17(20)21-8-22-18(14)24/h2-3,6,8-9,13,15-16,19,25-27H,4-5,7H2,1H3,(H2,20,21,22)/t13-,15-,16-,19-/m1/s1. The maximum absolute atomic E-state index is 10.5. The van der Waals surface area contributed by atoms with E-state index in [-0.39, 0.29) is 18.2 Å². The summed E-state index contributed by atoms with van der Waals surface area (Å²) in [5.74, 6) is 0.686. The number of aromatic hydroxyl groups is 1. The molecule has 4 rings (SSSR count). The highest BCUT2D eigenvalue weighted by Crippen LogP contribution is 2.32. The van der Waals surface area contributed by atoms with Crippen LogP contribution in [-0.4, -0.2) is 73.5 Å². The molecule has 2 aromatic heterocycles. The van der Waals surface area contributed by atoms with Crippen LogP contribution in [0.2, 0.25) is 0 Å². The van der Waals surface area contributed by atoms with E-state index < -0.39 is 24.5 Å². The van der Waals surface area contributed by atoms with Gasteiger partial charge < -0.3 is 35.3 Å². The Labute approximate surface area is 171 Å². The largest absolute Gasteiger partial charge is 0.504 e. The first kappa shape index (κ1) is 20.3. The van der Waals surface area contributed by atoms with E-state index in [0.29, 0.717) is 29.9 Å². The second kappa shape index (κ2) is 8.40. The summed E-state index contributed by atoms with van der Waals surface area (Å²) in [5, 5.41) is 30.5. The Hall–Kier alpha value is -2.99. The molecule has 0 saturated carbocycles. The lowest BCUT2D eigenvalue weighted by molar-refractivity contribution is -0.0650. The van der Waals surface area contributed by atoms with Gasteiger partial charge in [0.2, 0.25) is 0 Å². The number of ether oxygens (including phenoxy) is 3. The lowest BCUT2D eigenvalue weighted by Gasteiger charge is -2.16. The number of aliphatic hydroxyl groups is 2. The van der Waals surface area contributed by atoms with Crippen molar-refractivity contribution in [2.24, 2.45) is 0 Å². The van der Waals surface area contributed by atoms with Crippen molar-refractivity contribution in [3.05, 3.63) is 36.4 Å². The third-order valence-corrected chi connectivity index (χ3v) is 5.06. The molecule has 30 heavy (non-hydrogen) atoms. The molecule has 0 amide bonds. The number of fused-ring (bicyclic) bond motifs is 1. The molecule has 1 aromatic carbocycles. The number of nitrogens with two attached hydrogens (primary N) is 1. The molecule has 11 nitrogen and oxygen atoms in total. The zero-order valence-electron chi connectivity index (χ0n) is 16.3. The Morgan fingerprint density at radius 3 is 2.83 bits per heavy atom. The van der Waals surface area contributed by atoms with Gasteiger partial charge in [-0.25, -0.2) is 15.0 Å². The number of hydrogen-bond acceptors (Lipinski definition) is 10. The number of phenols is 1. The van der Waals surface area contributed by atoms with Crippen molar-refractivity contribution in [2.75, 3.05) is 26.1 Å². The van der Waals surface area contributed by atoms with E-state index >= 15 is 0 Å². The van der Waals surface area contributed by atoms with Crippen molar-refractivity contribution in [3.63, 3.8) is 0 Å². The molecule has 0 spiro atoms. The van der Waals surface area contributed by atoms with Crippen LogP contribution >= 0.6 is 0 Å². The summed E-state index contributed by atoms with van der Waals surface area (Å²) in [6, 6.07) is 5.07. The highest BCUT2D eigenvalue weighted by atomic mass is 16.6. The van der Waals surface area contributed by atoms with Gasteiger partial charge in [-0.05, 0) is 24.1 Å². The van der Waals surface area contributed by atoms with Gasteiger partial charge in [-0.15, -0.1) is 0 Å². The topological polar surface area (TPSA) is 158 Å². The Balaban J connectivity index is 1.36. The third kappa shape index (κ3) is 3.75. The molecule has 0 radical (unpaired) electrons. The predicted octanol–water partition coefficient (Wildman–Crippen LogP) is 0.00120. The maximum atomic E-state index is 10.5. The first-order chi connectivity index (χ1) is 14.5. The first-order valence-electron chi connectivity index (χ1n) is 9.38. The quantitative estimate of drug-likeness (QED) is 0.386. The first-order valence-corrected chi connectivity index (χ1v) is 9.38. The van der Waals surface area contributed by atoms with Gasteiger partial charge in [0, 0.05) is 0 Å². The Morgan fingerprint density at radius 2 is 2.03 bits per heavy atom. The molecule has 1 aliphatic rings. The number of aromatic nitrogens is 4. The number of nitrogen functional groups attached to an aromatic ring is 1. The van der Waals surface area contributed by atoms with E-state index in [0.717, 1.165) is 5.56 Å². The summed E-state index contributed by atoms with van der Waals surface area (Å²) >= 11 is 0. The molecule has 0 bridgehead atoms. The average molecular weight is 417 g/mol. The van der Waals surface area contributed by atoms with E-state index in [9.17, 15) is 15.3 Å². The molecule has 0 unspecified atom stereocenters. The second-order valence-electron chi connectivity index (χ2n) is 6.96. The maximum Gasteiger partial charge on any atom is 0.167 e. The fourth-order valence-electron chi connectivity index (χ4n) is 3.42. The van der Waals surface area contributed by atoms with Gasteiger partial charge in [-0.3, -0.25) is 4.57 Å². The van der Waals surface area contributed by atoms with Crippen LogP contribution in [0.15, 0.2) is 30.9 Å². The van der Waals surface area contributed by atoms with E-state index in [1.807, 2.05) is 0 Å². The van der Waals surface area contributed by atoms with Crippen molar-refractivity contribution in [1.29, 1.82) is 0 Å². The zero-order chi connectivity index (χ0) is 21.3. The Bertz CT molecular complexity index is 1030. The Kier molecular flexibility index (Phi) is 5.68. The molecule has 1 aliphatic heterocycles. The van der Waals surface area contributed by atoms with Crippen LogP contribution in [0.3, 0.4) is 0 Å². The lowest BCUT2D eigenvalue weighted by atomic mass is 10.1. The summed E-state index contributed by atoms with van der Waals surface area (Å²) in [6.45, 7) is 0.451. The highest BCUT2D eigenvalue weighted by Gasteiger charge is 2.44. The van der Waals surface area contributed by atoms with E-state index in [1.165, 1.54) is 24.3 Å². The number of imidazole rings is 1. The van der Waals surface area contributed by atoms with Crippen LogP contribution in [0.4, 0.5) is 5.82 Å². The number of benzene rings is 1. The summed E-state index contributed by atoms with van der Waals surface area (Å²) in [6.07, 6.45) is -0.614. The number of hydrogen-bond donors (Lipinski definition) is 4. The minimum atomic E-state index is -1.19. The minimum absolute atomic E-state index is 0.0729. The minimum Gasteiger partial charge on any atom is -0.504 e. The smallest absolute Gasteiger partial charge is 0.167 e. The van der Waals surface area contributed by atoms with Crippen LogP contribution in [0.25, 0.3) is 11.2 Å². The van der Waals surface area contributed by atoms with Crippen molar-refractivity contribution >= 4 is 17.0 Å². The normalized spacial score (nSPS) is 23.8. The SMILES string of the molecule is COc1cc(CCOC[C@H]2O[C@@H](n3cnc4c(N)ncnc43)[C@H](O)[C@@H]2O)ccc1O. The number of aliphatic hydroxyl groups excluding tert-OH is 2. The van der Waals surface area contributed by atoms with Crippen LogP contribution in [0.1, 0.15) is 11.8 Å². The van der Waals surface area contributed by atoms with E-state index in [2.05, 4.69) is 15.0 Å². The molecule has 160 valence electrons. The number of rotatable bonds is 7. The fraction of sp³-hybridized carbons (Fsp3) is 0.421. The lowest BCUT2D eigenvalue weighted by Crippen LogP contribution is -2.34. The molecule has 5 N–H and O–H groups in total. The van der Waals surface area contributed by atoms with Gasteiger partial charge in [0.25, 0.3) is 0 Å². The zero-order valence-corrected chi connectivity index (χ0v) is 16.3. The third-order valence-electron chi connectivity index (χ3n) is 5.06. The van der Waals surface area contributed by atoms with E-state index in [1.54, 1.807) is 18.2 Å². The van der Waals surface area contributed by atoms with Gasteiger partial charge in [0.15, 0.2) is 29.2 Å². The molecule has 3 aromatic rings. The van der Waals surface area contributed by atoms with Gasteiger partial charge in [-0.2, -0.15) is 0 Å². The molecule has 1 fully saturated rings. The second-order valence-corrected chi connectivity index (χ2v) is 6.96. The van der Waals surface area contributed by atoms with Crippen LogP contribution in [0, 0.1) is 0 Å². The molecule has 1 saturated heterocycles. The van der Waals surface area contributed by atoms with Gasteiger partial charge in [-0.1, -0.05) is 6.07 Å². The van der Waals surface area contributed by atoms with Crippen molar-refractivity contribution in [1.82, 2.24) is 19.5 Å². The van der Waals surface area contributed by atoms with Crippen molar-refractivity contribution < 1.29 is 29.5 Å². The summed E-state index contributed by atoms with van der Waals surface area (Å²) < 4.78 is 18.1. The van der Waals surface area contributed by atoms with Crippen LogP contribution in [-0.2, 0) is 15.9 Å². The average Bonchev–Trinajstić information content (AvgIpc) is 3.29. The molecular formula is C19H23N5O6. The number of anilines is 1. The van der Waals surface area contributed by atoms with Gasteiger partial charge in [0.05, 0.1) is 26.7 Å². The monoisotopic (exact) mass is 417 g/mol. The van der Waals surface area contributed by atoms with Crippen molar-refractivity contribution in [3.8, 4) is 11.5 Å². The van der Waals surface area contributed by atoms with Gasteiger partial charge in [0.1, 0.15) is 30.2 Å². The summed E-state index contributed by atoms with van der Waals surface area (Å²) in [5.41, 5.74) is 7.52. The molecule has 4 atom stereocenters. The highest BCUT2D eigenvalue weighted by molar-refractivity contribution is 5.81. The van der Waals surface area contributed by atoms with Crippen LogP contribution < -0.4 is 10.5 Å².